The molecular formula is C29H29O4Si. The molecule has 3 aromatic carbocycles. The van der Waals surface area contributed by atoms with Gasteiger partial charge < -0.3 is 9.16 Å². The fourth-order valence-electron chi connectivity index (χ4n) is 5.36. The molecule has 0 aromatic heterocycles. The van der Waals surface area contributed by atoms with E-state index in [1.165, 1.54) is 0 Å². The molecule has 3 aromatic rings. The van der Waals surface area contributed by atoms with E-state index in [1.54, 1.807) is 13.0 Å². The van der Waals surface area contributed by atoms with Gasteiger partial charge in [0.15, 0.2) is 0 Å². The summed E-state index contributed by atoms with van der Waals surface area (Å²) >= 11 is 0. The van der Waals surface area contributed by atoms with Crippen molar-refractivity contribution in [3.05, 3.63) is 107 Å². The van der Waals surface area contributed by atoms with Crippen molar-refractivity contribution in [2.45, 2.75) is 50.5 Å². The summed E-state index contributed by atoms with van der Waals surface area (Å²) in [6, 6.07) is 25.0. The van der Waals surface area contributed by atoms with E-state index in [0.717, 1.165) is 22.3 Å². The molecule has 173 valence electrons. The van der Waals surface area contributed by atoms with Gasteiger partial charge in [-0.2, -0.15) is 0 Å². The molecule has 0 spiro atoms. The number of ether oxygens (including phenoxy) is 1. The number of rotatable bonds is 5. The minimum atomic E-state index is -1.97. The molecule has 0 bridgehead atoms. The first-order valence-corrected chi connectivity index (χ1v) is 11.9. The van der Waals surface area contributed by atoms with Crippen molar-refractivity contribution in [2.75, 3.05) is 6.61 Å². The molecule has 1 aliphatic rings. The highest BCUT2D eigenvalue weighted by atomic mass is 28.2. The van der Waals surface area contributed by atoms with Gasteiger partial charge in [-0.05, 0) is 41.0 Å². The van der Waals surface area contributed by atoms with Crippen molar-refractivity contribution in [1.29, 1.82) is 0 Å². The quantitative estimate of drug-likeness (QED) is 0.296. The van der Waals surface area contributed by atoms with Gasteiger partial charge in [0.05, 0.1) is 12.0 Å². The molecule has 0 fully saturated rings. The summed E-state index contributed by atoms with van der Waals surface area (Å²) < 4.78 is 11.4. The molecule has 5 heteroatoms. The summed E-state index contributed by atoms with van der Waals surface area (Å²) in [5, 5.41) is 0. The number of hydrogen-bond donors (Lipinski definition) is 0. The normalized spacial score (nSPS) is 19.4. The van der Waals surface area contributed by atoms with E-state index in [-0.39, 0.29) is 12.0 Å². The van der Waals surface area contributed by atoms with Crippen LogP contribution in [0.25, 0.3) is 0 Å². The zero-order valence-corrected chi connectivity index (χ0v) is 21.1. The van der Waals surface area contributed by atoms with Crippen molar-refractivity contribution in [1.82, 2.24) is 0 Å². The van der Waals surface area contributed by atoms with E-state index in [1.807, 2.05) is 66.7 Å². The van der Waals surface area contributed by atoms with Gasteiger partial charge in [-0.1, -0.05) is 99.6 Å². The van der Waals surface area contributed by atoms with E-state index < -0.39 is 22.8 Å². The molecule has 1 unspecified atom stereocenters. The largest absolute Gasteiger partial charge is 0.463 e. The standard InChI is InChI=1S/C29H29O4Si/c1-5-32-26(31)29(33-34)25(30)22-17-12-18-24(27(2,3)4)23(22)19-28(29,20-13-8-6-9-14-20)21-15-10-7-11-16-21/h6-18H,5,19H2,1-4H3. The van der Waals surface area contributed by atoms with Crippen molar-refractivity contribution in [3.8, 4) is 0 Å². The molecule has 0 heterocycles. The molecule has 1 aliphatic carbocycles. The number of benzene rings is 3. The third-order valence-electron chi connectivity index (χ3n) is 6.84. The van der Waals surface area contributed by atoms with Crippen LogP contribution in [0, 0.1) is 0 Å². The van der Waals surface area contributed by atoms with Gasteiger partial charge in [0, 0.05) is 5.56 Å². The zero-order valence-electron chi connectivity index (χ0n) is 20.1. The summed E-state index contributed by atoms with van der Waals surface area (Å²) in [4.78, 5) is 28.3. The average molecular weight is 470 g/mol. The molecule has 4 rings (SSSR count). The Bertz CT molecular complexity index is 1160. The minimum absolute atomic E-state index is 0.123. The molecule has 1 atom stereocenters. The Morgan fingerprint density at radius 2 is 1.47 bits per heavy atom. The zero-order chi connectivity index (χ0) is 24.6. The van der Waals surface area contributed by atoms with Crippen molar-refractivity contribution in [2.24, 2.45) is 0 Å². The monoisotopic (exact) mass is 469 g/mol. The van der Waals surface area contributed by atoms with Crippen LogP contribution in [0.5, 0.6) is 0 Å². The van der Waals surface area contributed by atoms with Crippen LogP contribution in [0.3, 0.4) is 0 Å². The van der Waals surface area contributed by atoms with Crippen LogP contribution < -0.4 is 0 Å². The van der Waals surface area contributed by atoms with Gasteiger partial charge in [-0.25, -0.2) is 4.79 Å². The van der Waals surface area contributed by atoms with Gasteiger partial charge in [-0.3, -0.25) is 4.79 Å². The lowest BCUT2D eigenvalue weighted by molar-refractivity contribution is -0.162. The van der Waals surface area contributed by atoms with Crippen LogP contribution in [0.1, 0.15) is 60.3 Å². The molecule has 0 saturated carbocycles. The maximum atomic E-state index is 14.5. The summed E-state index contributed by atoms with van der Waals surface area (Å²) in [7, 11) is 3.20. The molecule has 0 saturated heterocycles. The van der Waals surface area contributed by atoms with Gasteiger partial charge in [0.1, 0.15) is 0 Å². The Morgan fingerprint density at radius 1 is 0.912 bits per heavy atom. The third kappa shape index (κ3) is 3.46. The average Bonchev–Trinajstić information content (AvgIpc) is 2.84. The highest BCUT2D eigenvalue weighted by molar-refractivity contribution is 6.22. The maximum absolute atomic E-state index is 14.5. The first-order chi connectivity index (χ1) is 16.2. The second-order valence-corrected chi connectivity index (χ2v) is 9.93. The maximum Gasteiger partial charge on any atom is 0.346 e. The van der Waals surface area contributed by atoms with Gasteiger partial charge in [0.25, 0.3) is 0 Å². The first-order valence-electron chi connectivity index (χ1n) is 11.5. The van der Waals surface area contributed by atoms with Gasteiger partial charge in [0.2, 0.25) is 21.9 Å². The number of ketones is 1. The molecule has 0 amide bonds. The van der Waals surface area contributed by atoms with Crippen LogP contribution in [0.2, 0.25) is 0 Å². The molecule has 3 radical (unpaired) electrons. The second-order valence-electron chi connectivity index (χ2n) is 9.73. The lowest BCUT2D eigenvalue weighted by Gasteiger charge is -2.51. The number of hydrogen-bond acceptors (Lipinski definition) is 4. The van der Waals surface area contributed by atoms with E-state index in [4.69, 9.17) is 9.16 Å². The van der Waals surface area contributed by atoms with Crippen molar-refractivity contribution < 1.29 is 18.8 Å². The smallest absolute Gasteiger partial charge is 0.346 e. The first kappa shape index (κ1) is 24.1. The predicted molar refractivity (Wildman–Crippen MR) is 133 cm³/mol. The van der Waals surface area contributed by atoms with E-state index in [9.17, 15) is 9.59 Å². The van der Waals surface area contributed by atoms with Crippen molar-refractivity contribution in [3.63, 3.8) is 0 Å². The number of Topliss-reactive ketones (excluding diaryl/α,β-unsaturated/α-hetero) is 1. The third-order valence-corrected chi connectivity index (χ3v) is 7.15. The highest BCUT2D eigenvalue weighted by Gasteiger charge is 2.67. The molecule has 4 nitrogen and oxygen atoms in total. The Balaban J connectivity index is 2.19. The highest BCUT2D eigenvalue weighted by Crippen LogP contribution is 2.53. The van der Waals surface area contributed by atoms with Crippen LogP contribution in [-0.2, 0) is 31.2 Å². The van der Waals surface area contributed by atoms with E-state index in [0.29, 0.717) is 12.0 Å². The fraction of sp³-hybridized carbons (Fsp3) is 0.310. The number of carbonyl (C=O) groups is 2. The second kappa shape index (κ2) is 8.97. The number of esters is 1. The van der Waals surface area contributed by atoms with Gasteiger partial charge in [-0.15, -0.1) is 0 Å². The molecule has 0 aliphatic heterocycles. The van der Waals surface area contributed by atoms with Crippen LogP contribution >= 0.6 is 0 Å². The van der Waals surface area contributed by atoms with E-state index >= 15 is 0 Å². The molecular weight excluding hydrogens is 440 g/mol. The lowest BCUT2D eigenvalue weighted by Crippen LogP contribution is -2.67. The minimum Gasteiger partial charge on any atom is -0.463 e. The Labute approximate surface area is 204 Å². The fourth-order valence-corrected chi connectivity index (χ4v) is 5.71. The predicted octanol–water partition coefficient (Wildman–Crippen LogP) is 5.11. The number of carbonyl (C=O) groups excluding carboxylic acids is 2. The van der Waals surface area contributed by atoms with Crippen molar-refractivity contribution >= 4 is 22.2 Å². The SMILES string of the molecule is CCOC(=O)C1(O[Si])C(=O)c2cccc(C(C)(C)C)c2CC1(c1ccccc1)c1ccccc1. The van der Waals surface area contributed by atoms with Crippen LogP contribution in [-0.4, -0.2) is 34.4 Å². The molecule has 0 N–H and O–H groups in total. The van der Waals surface area contributed by atoms with Crippen LogP contribution in [0.4, 0.5) is 0 Å². The summed E-state index contributed by atoms with van der Waals surface area (Å²) in [6.45, 7) is 8.25. The summed E-state index contributed by atoms with van der Waals surface area (Å²) in [5.74, 6) is -1.13. The Morgan fingerprint density at radius 3 is 1.94 bits per heavy atom. The van der Waals surface area contributed by atoms with Crippen LogP contribution in [0.15, 0.2) is 78.9 Å². The van der Waals surface area contributed by atoms with E-state index in [2.05, 4.69) is 37.3 Å². The topological polar surface area (TPSA) is 52.6 Å². The lowest BCUT2D eigenvalue weighted by atomic mass is 9.53. The summed E-state index contributed by atoms with van der Waals surface area (Å²) in [5.41, 5.74) is 0.744. The Kier molecular flexibility index (Phi) is 6.36. The number of fused-ring (bicyclic) bond motifs is 1. The Hall–Kier alpha value is -3.02. The summed E-state index contributed by atoms with van der Waals surface area (Å²) in [6.07, 6.45) is 0.388. The van der Waals surface area contributed by atoms with Gasteiger partial charge >= 0.3 is 5.97 Å². The molecule has 34 heavy (non-hydrogen) atoms.